The molecule has 2 heterocycles. The molecule has 4 rings (SSSR count). The monoisotopic (exact) mass is 450 g/mol. The van der Waals surface area contributed by atoms with Crippen LogP contribution in [-0.4, -0.2) is 60.7 Å². The molecule has 2 aromatic rings. The van der Waals surface area contributed by atoms with Crippen LogP contribution in [0.15, 0.2) is 54.2 Å². The van der Waals surface area contributed by atoms with Gasteiger partial charge < -0.3 is 15.1 Å². The van der Waals surface area contributed by atoms with E-state index in [2.05, 4.69) is 17.3 Å². The molecule has 1 N–H and O–H groups in total. The minimum atomic E-state index is -0.450. The van der Waals surface area contributed by atoms with Gasteiger partial charge in [0, 0.05) is 25.7 Å². The van der Waals surface area contributed by atoms with Gasteiger partial charge in [0.1, 0.15) is 11.5 Å². The van der Waals surface area contributed by atoms with E-state index in [0.29, 0.717) is 22.6 Å². The van der Waals surface area contributed by atoms with Gasteiger partial charge in [0.05, 0.1) is 11.3 Å². The second kappa shape index (κ2) is 9.15. The number of rotatable bonds is 5. The van der Waals surface area contributed by atoms with Crippen molar-refractivity contribution >= 4 is 34.7 Å². The maximum absolute atomic E-state index is 13.6. The molecule has 0 spiro atoms. The Balaban J connectivity index is 1.72. The fourth-order valence-electron chi connectivity index (χ4n) is 4.42. The van der Waals surface area contributed by atoms with Gasteiger partial charge in [-0.15, -0.1) is 0 Å². The lowest BCUT2D eigenvalue weighted by molar-refractivity contribution is -0.121. The average Bonchev–Trinajstić information content (AvgIpc) is 3.04. The molecule has 1 fully saturated rings. The number of carbonyl (C=O) groups excluding carboxylic acids is 3. The standard InChI is InChI=1S/C25H27FN4O3/c1-16(31)27-19-8-10-21(11-9-19)30-24(32)22(17-4-6-18(26)7-5-17)23(25(30)33)29(3)20-12-14-28(2)15-13-20/h4-11,20H,12-15H2,1-3H3,(H,27,31). The number of nitrogens with one attached hydrogen (secondary N) is 1. The van der Waals surface area contributed by atoms with E-state index in [1.165, 1.54) is 31.2 Å². The van der Waals surface area contributed by atoms with Crippen molar-refractivity contribution in [3.63, 3.8) is 0 Å². The number of imide groups is 1. The first kappa shape index (κ1) is 22.7. The number of nitrogens with zero attached hydrogens (tertiary/aromatic N) is 3. The molecule has 0 unspecified atom stereocenters. The number of hydrogen-bond acceptors (Lipinski definition) is 5. The number of hydrogen-bond donors (Lipinski definition) is 1. The summed E-state index contributed by atoms with van der Waals surface area (Å²) in [6, 6.07) is 12.3. The molecule has 0 saturated carbocycles. The number of amides is 3. The van der Waals surface area contributed by atoms with E-state index in [4.69, 9.17) is 0 Å². The molecule has 1 saturated heterocycles. The fourth-order valence-corrected chi connectivity index (χ4v) is 4.42. The predicted octanol–water partition coefficient (Wildman–Crippen LogP) is 3.09. The molecule has 0 radical (unpaired) electrons. The van der Waals surface area contributed by atoms with E-state index in [0.717, 1.165) is 30.8 Å². The molecule has 0 bridgehead atoms. The molecular formula is C25H27FN4O3. The van der Waals surface area contributed by atoms with Gasteiger partial charge in [0.15, 0.2) is 0 Å². The van der Waals surface area contributed by atoms with Crippen LogP contribution in [0.2, 0.25) is 0 Å². The third kappa shape index (κ3) is 4.52. The zero-order valence-corrected chi connectivity index (χ0v) is 19.0. The fraction of sp³-hybridized carbons (Fsp3) is 0.320. The third-order valence-electron chi connectivity index (χ3n) is 6.23. The Labute approximate surface area is 192 Å². The van der Waals surface area contributed by atoms with Crippen molar-refractivity contribution in [2.24, 2.45) is 0 Å². The first-order valence-corrected chi connectivity index (χ1v) is 10.9. The highest BCUT2D eigenvalue weighted by Crippen LogP contribution is 2.36. The van der Waals surface area contributed by atoms with Crippen LogP contribution in [0.4, 0.5) is 15.8 Å². The van der Waals surface area contributed by atoms with Crippen LogP contribution in [0, 0.1) is 5.82 Å². The van der Waals surface area contributed by atoms with Gasteiger partial charge >= 0.3 is 0 Å². The number of anilines is 2. The molecule has 3 amide bonds. The Bertz CT molecular complexity index is 1100. The molecule has 8 heteroatoms. The van der Waals surface area contributed by atoms with Crippen LogP contribution in [-0.2, 0) is 14.4 Å². The summed E-state index contributed by atoms with van der Waals surface area (Å²) in [4.78, 5) is 43.8. The van der Waals surface area contributed by atoms with Crippen molar-refractivity contribution in [1.82, 2.24) is 9.80 Å². The predicted molar refractivity (Wildman–Crippen MR) is 125 cm³/mol. The van der Waals surface area contributed by atoms with Gasteiger partial charge in [-0.1, -0.05) is 12.1 Å². The first-order valence-electron chi connectivity index (χ1n) is 10.9. The lowest BCUT2D eigenvalue weighted by atomic mass is 10.00. The molecular weight excluding hydrogens is 423 g/mol. The second-order valence-electron chi connectivity index (χ2n) is 8.55. The molecule has 33 heavy (non-hydrogen) atoms. The van der Waals surface area contributed by atoms with Crippen molar-refractivity contribution in [3.8, 4) is 0 Å². The van der Waals surface area contributed by atoms with Gasteiger partial charge in [-0.05, 0) is 74.9 Å². The van der Waals surface area contributed by atoms with E-state index in [1.807, 2.05) is 11.9 Å². The van der Waals surface area contributed by atoms with E-state index >= 15 is 0 Å². The summed E-state index contributed by atoms with van der Waals surface area (Å²) in [7, 11) is 3.92. The number of piperidine rings is 1. The summed E-state index contributed by atoms with van der Waals surface area (Å²) >= 11 is 0. The number of likely N-dealkylation sites (N-methyl/N-ethyl adjacent to an activating group) is 1. The minimum Gasteiger partial charge on any atom is -0.366 e. The largest absolute Gasteiger partial charge is 0.366 e. The molecule has 2 aliphatic heterocycles. The van der Waals surface area contributed by atoms with Gasteiger partial charge in [0.25, 0.3) is 11.8 Å². The molecule has 0 aliphatic carbocycles. The smallest absolute Gasteiger partial charge is 0.282 e. The molecule has 2 aliphatic rings. The zero-order chi connectivity index (χ0) is 23.7. The molecule has 2 aromatic carbocycles. The Morgan fingerprint density at radius 3 is 2.18 bits per heavy atom. The van der Waals surface area contributed by atoms with Crippen LogP contribution in [0.25, 0.3) is 5.57 Å². The quantitative estimate of drug-likeness (QED) is 0.709. The maximum atomic E-state index is 13.6. The van der Waals surface area contributed by atoms with Crippen molar-refractivity contribution in [1.29, 1.82) is 0 Å². The topological polar surface area (TPSA) is 73.0 Å². The van der Waals surface area contributed by atoms with Crippen molar-refractivity contribution in [3.05, 3.63) is 65.6 Å². The summed E-state index contributed by atoms with van der Waals surface area (Å²) in [6.07, 6.45) is 1.75. The molecule has 7 nitrogen and oxygen atoms in total. The zero-order valence-electron chi connectivity index (χ0n) is 19.0. The SMILES string of the molecule is CC(=O)Nc1ccc(N2C(=O)C(c3ccc(F)cc3)=C(N(C)C3CCN(C)CC3)C2=O)cc1. The van der Waals surface area contributed by atoms with Gasteiger partial charge in [-0.3, -0.25) is 14.4 Å². The van der Waals surface area contributed by atoms with Crippen LogP contribution >= 0.6 is 0 Å². The summed E-state index contributed by atoms with van der Waals surface area (Å²) in [5.74, 6) is -1.48. The number of halogens is 1. The van der Waals surface area contributed by atoms with Crippen molar-refractivity contribution in [2.45, 2.75) is 25.8 Å². The van der Waals surface area contributed by atoms with E-state index in [9.17, 15) is 18.8 Å². The number of likely N-dealkylation sites (tertiary alicyclic amines) is 1. The summed E-state index contributed by atoms with van der Waals surface area (Å²) in [5, 5.41) is 2.67. The van der Waals surface area contributed by atoms with Crippen LogP contribution in [0.5, 0.6) is 0 Å². The third-order valence-corrected chi connectivity index (χ3v) is 6.23. The summed E-state index contributed by atoms with van der Waals surface area (Å²) in [6.45, 7) is 3.22. The minimum absolute atomic E-state index is 0.116. The highest BCUT2D eigenvalue weighted by Gasteiger charge is 2.43. The first-order chi connectivity index (χ1) is 15.8. The lowest BCUT2D eigenvalue weighted by Gasteiger charge is -2.36. The van der Waals surface area contributed by atoms with Gasteiger partial charge in [0.2, 0.25) is 5.91 Å². The molecule has 0 atom stereocenters. The Hall–Kier alpha value is -3.52. The van der Waals surface area contributed by atoms with E-state index < -0.39 is 17.6 Å². The van der Waals surface area contributed by atoms with E-state index in [-0.39, 0.29) is 17.5 Å². The number of benzene rings is 2. The normalized spacial score (nSPS) is 17.6. The molecule has 0 aromatic heterocycles. The second-order valence-corrected chi connectivity index (χ2v) is 8.55. The van der Waals surface area contributed by atoms with Crippen molar-refractivity contribution < 1.29 is 18.8 Å². The summed E-state index contributed by atoms with van der Waals surface area (Å²) < 4.78 is 13.6. The summed E-state index contributed by atoms with van der Waals surface area (Å²) in [5.41, 5.74) is 2.08. The average molecular weight is 451 g/mol. The highest BCUT2D eigenvalue weighted by molar-refractivity contribution is 6.45. The van der Waals surface area contributed by atoms with E-state index in [1.54, 1.807) is 24.3 Å². The Morgan fingerprint density at radius 1 is 1.00 bits per heavy atom. The van der Waals surface area contributed by atoms with Crippen LogP contribution in [0.3, 0.4) is 0 Å². The Kier molecular flexibility index (Phi) is 6.29. The lowest BCUT2D eigenvalue weighted by Crippen LogP contribution is -2.43. The van der Waals surface area contributed by atoms with Gasteiger partial charge in [-0.25, -0.2) is 9.29 Å². The highest BCUT2D eigenvalue weighted by atomic mass is 19.1. The number of carbonyl (C=O) groups is 3. The van der Waals surface area contributed by atoms with Gasteiger partial charge in [-0.2, -0.15) is 0 Å². The molecule has 172 valence electrons. The van der Waals surface area contributed by atoms with Crippen LogP contribution < -0.4 is 10.2 Å². The van der Waals surface area contributed by atoms with Crippen LogP contribution in [0.1, 0.15) is 25.3 Å². The Morgan fingerprint density at radius 2 is 1.61 bits per heavy atom. The van der Waals surface area contributed by atoms with Crippen molar-refractivity contribution in [2.75, 3.05) is 37.4 Å². The maximum Gasteiger partial charge on any atom is 0.282 e.